The van der Waals surface area contributed by atoms with Crippen molar-refractivity contribution in [3.05, 3.63) is 65.0 Å². The molecule has 0 amide bonds. The lowest BCUT2D eigenvalue weighted by Gasteiger charge is -2.08. The summed E-state index contributed by atoms with van der Waals surface area (Å²) in [5.41, 5.74) is 1.24. The molecule has 0 radical (unpaired) electrons. The SMILES string of the molecule is CC(C)CCCC(=O)c1ccc(COCc2ccc(C(F)(F)F)cc2)cn1. The molecular formula is C21H24F3NO2. The molecule has 2 aromatic rings. The fourth-order valence-corrected chi connectivity index (χ4v) is 2.55. The molecule has 0 saturated heterocycles. The van der Waals surface area contributed by atoms with Crippen LogP contribution in [-0.2, 0) is 24.1 Å². The van der Waals surface area contributed by atoms with Crippen LogP contribution in [0.2, 0.25) is 0 Å². The van der Waals surface area contributed by atoms with Gasteiger partial charge in [0.2, 0.25) is 0 Å². The van der Waals surface area contributed by atoms with E-state index in [0.29, 0.717) is 23.6 Å². The summed E-state index contributed by atoms with van der Waals surface area (Å²) in [5.74, 6) is 0.614. The second-order valence-corrected chi connectivity index (χ2v) is 6.95. The smallest absolute Gasteiger partial charge is 0.372 e. The van der Waals surface area contributed by atoms with Crippen LogP contribution in [0.4, 0.5) is 13.2 Å². The zero-order chi connectivity index (χ0) is 19.9. The van der Waals surface area contributed by atoms with E-state index >= 15 is 0 Å². The number of benzene rings is 1. The van der Waals surface area contributed by atoms with E-state index in [-0.39, 0.29) is 19.0 Å². The highest BCUT2D eigenvalue weighted by Crippen LogP contribution is 2.29. The van der Waals surface area contributed by atoms with E-state index in [1.54, 1.807) is 18.3 Å². The fraction of sp³-hybridized carbons (Fsp3) is 0.429. The third-order valence-electron chi connectivity index (χ3n) is 4.11. The minimum Gasteiger partial charge on any atom is -0.372 e. The number of carbonyl (C=O) groups is 1. The molecule has 0 aliphatic heterocycles. The van der Waals surface area contributed by atoms with Crippen molar-refractivity contribution in [1.29, 1.82) is 0 Å². The van der Waals surface area contributed by atoms with Crippen molar-refractivity contribution in [3.63, 3.8) is 0 Å². The Morgan fingerprint density at radius 2 is 1.67 bits per heavy atom. The van der Waals surface area contributed by atoms with Gasteiger partial charge in [-0.05, 0) is 41.7 Å². The zero-order valence-electron chi connectivity index (χ0n) is 15.6. The molecular weight excluding hydrogens is 355 g/mol. The van der Waals surface area contributed by atoms with Crippen LogP contribution in [0.25, 0.3) is 0 Å². The van der Waals surface area contributed by atoms with Gasteiger partial charge in [0, 0.05) is 12.6 Å². The van der Waals surface area contributed by atoms with Crippen LogP contribution in [0, 0.1) is 5.92 Å². The Labute approximate surface area is 157 Å². The lowest BCUT2D eigenvalue weighted by molar-refractivity contribution is -0.137. The predicted molar refractivity (Wildman–Crippen MR) is 97.2 cm³/mol. The summed E-state index contributed by atoms with van der Waals surface area (Å²) in [6.45, 7) is 4.73. The number of hydrogen-bond donors (Lipinski definition) is 0. The first-order valence-corrected chi connectivity index (χ1v) is 8.97. The fourth-order valence-electron chi connectivity index (χ4n) is 2.55. The monoisotopic (exact) mass is 379 g/mol. The molecule has 0 bridgehead atoms. The predicted octanol–water partition coefficient (Wildman–Crippen LogP) is 5.83. The number of pyridine rings is 1. The number of ether oxygens (including phenoxy) is 1. The zero-order valence-corrected chi connectivity index (χ0v) is 15.6. The van der Waals surface area contributed by atoms with Crippen LogP contribution in [0.5, 0.6) is 0 Å². The average Bonchev–Trinajstić information content (AvgIpc) is 2.61. The Balaban J connectivity index is 1.79. The summed E-state index contributed by atoms with van der Waals surface area (Å²) in [7, 11) is 0. The number of nitrogens with zero attached hydrogens (tertiary/aromatic N) is 1. The summed E-state index contributed by atoms with van der Waals surface area (Å²) in [4.78, 5) is 16.2. The van der Waals surface area contributed by atoms with Gasteiger partial charge in [0.25, 0.3) is 0 Å². The number of ketones is 1. The van der Waals surface area contributed by atoms with Gasteiger partial charge in [-0.1, -0.05) is 38.5 Å². The van der Waals surface area contributed by atoms with Crippen molar-refractivity contribution in [2.75, 3.05) is 0 Å². The Bertz CT molecular complexity index is 723. The number of Topliss-reactive ketones (excluding diaryl/α,β-unsaturated/α-hetero) is 1. The Hall–Kier alpha value is -2.21. The molecule has 0 unspecified atom stereocenters. The molecule has 0 aliphatic carbocycles. The molecule has 0 spiro atoms. The molecule has 0 N–H and O–H groups in total. The van der Waals surface area contributed by atoms with E-state index in [4.69, 9.17) is 4.74 Å². The number of carbonyl (C=O) groups excluding carboxylic acids is 1. The van der Waals surface area contributed by atoms with E-state index < -0.39 is 11.7 Å². The van der Waals surface area contributed by atoms with E-state index in [0.717, 1.165) is 30.5 Å². The molecule has 1 aromatic heterocycles. The minimum atomic E-state index is -4.33. The third-order valence-corrected chi connectivity index (χ3v) is 4.11. The second-order valence-electron chi connectivity index (χ2n) is 6.95. The molecule has 0 fully saturated rings. The minimum absolute atomic E-state index is 0.0351. The summed E-state index contributed by atoms with van der Waals surface area (Å²) < 4.78 is 43.1. The molecule has 0 aliphatic rings. The van der Waals surface area contributed by atoms with Crippen molar-refractivity contribution in [3.8, 4) is 0 Å². The quantitative estimate of drug-likeness (QED) is 0.515. The maximum absolute atomic E-state index is 12.5. The van der Waals surface area contributed by atoms with Crippen molar-refractivity contribution < 1.29 is 22.7 Å². The van der Waals surface area contributed by atoms with Gasteiger partial charge < -0.3 is 4.74 Å². The van der Waals surface area contributed by atoms with E-state index in [1.165, 1.54) is 12.1 Å². The number of hydrogen-bond acceptors (Lipinski definition) is 3. The van der Waals surface area contributed by atoms with Crippen molar-refractivity contribution in [1.82, 2.24) is 4.98 Å². The van der Waals surface area contributed by atoms with Crippen LogP contribution in [0.1, 0.15) is 60.3 Å². The maximum Gasteiger partial charge on any atom is 0.416 e. The number of rotatable bonds is 9. The number of aromatic nitrogens is 1. The first-order valence-electron chi connectivity index (χ1n) is 8.97. The maximum atomic E-state index is 12.5. The lowest BCUT2D eigenvalue weighted by atomic mass is 10.0. The van der Waals surface area contributed by atoms with Crippen molar-refractivity contribution in [2.45, 2.75) is 52.5 Å². The molecule has 2 rings (SSSR count). The highest BCUT2D eigenvalue weighted by molar-refractivity contribution is 5.94. The molecule has 3 nitrogen and oxygen atoms in total. The van der Waals surface area contributed by atoms with Gasteiger partial charge >= 0.3 is 6.18 Å². The molecule has 1 heterocycles. The van der Waals surface area contributed by atoms with Crippen LogP contribution in [0.3, 0.4) is 0 Å². The number of alkyl halides is 3. The van der Waals surface area contributed by atoms with E-state index in [2.05, 4.69) is 18.8 Å². The molecule has 0 atom stereocenters. The summed E-state index contributed by atoms with van der Waals surface area (Å²) in [5, 5.41) is 0. The first-order chi connectivity index (χ1) is 12.8. The largest absolute Gasteiger partial charge is 0.416 e. The molecule has 27 heavy (non-hydrogen) atoms. The second kappa shape index (κ2) is 9.65. The molecule has 0 saturated carbocycles. The third kappa shape index (κ3) is 7.13. The molecule has 146 valence electrons. The van der Waals surface area contributed by atoms with Gasteiger partial charge in [-0.3, -0.25) is 9.78 Å². The summed E-state index contributed by atoms with van der Waals surface area (Å²) in [6, 6.07) is 8.36. The van der Waals surface area contributed by atoms with Crippen molar-refractivity contribution in [2.24, 2.45) is 5.92 Å². The highest BCUT2D eigenvalue weighted by atomic mass is 19.4. The summed E-state index contributed by atoms with van der Waals surface area (Å²) >= 11 is 0. The van der Waals surface area contributed by atoms with E-state index in [9.17, 15) is 18.0 Å². The Kier molecular flexibility index (Phi) is 7.54. The van der Waals surface area contributed by atoms with Gasteiger partial charge in [0.1, 0.15) is 5.69 Å². The van der Waals surface area contributed by atoms with Crippen LogP contribution >= 0.6 is 0 Å². The number of halogens is 3. The normalized spacial score (nSPS) is 11.8. The molecule has 6 heteroatoms. The average molecular weight is 379 g/mol. The Morgan fingerprint density at radius 1 is 1.04 bits per heavy atom. The van der Waals surface area contributed by atoms with Gasteiger partial charge in [-0.2, -0.15) is 13.2 Å². The Morgan fingerprint density at radius 3 is 2.22 bits per heavy atom. The van der Waals surface area contributed by atoms with Gasteiger partial charge in [0.05, 0.1) is 18.8 Å². The van der Waals surface area contributed by atoms with Gasteiger partial charge in [-0.15, -0.1) is 0 Å². The first kappa shape index (κ1) is 21.1. The van der Waals surface area contributed by atoms with Crippen LogP contribution in [-0.4, -0.2) is 10.8 Å². The van der Waals surface area contributed by atoms with Crippen LogP contribution < -0.4 is 0 Å². The van der Waals surface area contributed by atoms with E-state index in [1.807, 2.05) is 0 Å². The highest BCUT2D eigenvalue weighted by Gasteiger charge is 2.29. The topological polar surface area (TPSA) is 39.2 Å². The standard InChI is InChI=1S/C21H24F3NO2/c1-15(2)4-3-5-20(26)19-11-8-17(12-25-19)14-27-13-16-6-9-18(10-7-16)21(22,23)24/h6-12,15H,3-5,13-14H2,1-2H3. The van der Waals surface area contributed by atoms with Crippen molar-refractivity contribution >= 4 is 5.78 Å². The van der Waals surface area contributed by atoms with Gasteiger partial charge in [-0.25, -0.2) is 0 Å². The van der Waals surface area contributed by atoms with Gasteiger partial charge in [0.15, 0.2) is 5.78 Å². The molecule has 1 aromatic carbocycles. The summed E-state index contributed by atoms with van der Waals surface area (Å²) in [6.07, 6.45) is -0.367. The van der Waals surface area contributed by atoms with Crippen LogP contribution in [0.15, 0.2) is 42.6 Å². The lowest BCUT2D eigenvalue weighted by Crippen LogP contribution is -2.05.